The minimum absolute atomic E-state index is 0.312. The van der Waals surface area contributed by atoms with Gasteiger partial charge in [-0.1, -0.05) is 18.2 Å². The highest BCUT2D eigenvalue weighted by atomic mass is 16.5. The zero-order chi connectivity index (χ0) is 18.5. The molecule has 0 aliphatic heterocycles. The lowest BCUT2D eigenvalue weighted by molar-refractivity contribution is -0.123. The van der Waals surface area contributed by atoms with Crippen LogP contribution in [-0.2, 0) is 9.53 Å². The number of rotatable bonds is 6. The number of amides is 1. The van der Waals surface area contributed by atoms with Gasteiger partial charge in [-0.25, -0.2) is 4.79 Å². The summed E-state index contributed by atoms with van der Waals surface area (Å²) in [5, 5.41) is 3.62. The Morgan fingerprint density at radius 1 is 1.12 bits per heavy atom. The Labute approximate surface area is 151 Å². The van der Waals surface area contributed by atoms with Crippen molar-refractivity contribution in [3.63, 3.8) is 0 Å². The van der Waals surface area contributed by atoms with Crippen molar-refractivity contribution in [3.05, 3.63) is 60.3 Å². The Kier molecular flexibility index (Phi) is 5.22. The number of ether oxygens (including phenoxy) is 2. The number of fused-ring (bicyclic) bond motifs is 1. The third-order valence-electron chi connectivity index (χ3n) is 3.84. The largest absolute Gasteiger partial charge is 0.494 e. The van der Waals surface area contributed by atoms with Crippen molar-refractivity contribution in [2.24, 2.45) is 0 Å². The zero-order valence-electron chi connectivity index (χ0n) is 14.6. The summed E-state index contributed by atoms with van der Waals surface area (Å²) in [5.41, 5.74) is 1.75. The van der Waals surface area contributed by atoms with Crippen LogP contribution >= 0.6 is 0 Å². The van der Waals surface area contributed by atoms with E-state index in [-0.39, 0.29) is 0 Å². The summed E-state index contributed by atoms with van der Waals surface area (Å²) in [4.78, 5) is 27.5. The van der Waals surface area contributed by atoms with Gasteiger partial charge in [0.2, 0.25) is 0 Å². The Morgan fingerprint density at radius 3 is 2.54 bits per heavy atom. The number of para-hydroxylation sites is 1. The molecule has 0 radical (unpaired) electrons. The van der Waals surface area contributed by atoms with Gasteiger partial charge in [-0.15, -0.1) is 0 Å². The first kappa shape index (κ1) is 17.5. The van der Waals surface area contributed by atoms with E-state index in [4.69, 9.17) is 9.47 Å². The maximum Gasteiger partial charge on any atom is 0.355 e. The van der Waals surface area contributed by atoms with Gasteiger partial charge < -0.3 is 19.8 Å². The van der Waals surface area contributed by atoms with E-state index in [1.807, 2.05) is 31.2 Å². The number of aromatic nitrogens is 1. The first-order valence-electron chi connectivity index (χ1n) is 8.39. The Morgan fingerprint density at radius 2 is 1.85 bits per heavy atom. The molecular weight excluding hydrogens is 332 g/mol. The summed E-state index contributed by atoms with van der Waals surface area (Å²) in [6.45, 7) is 4.01. The number of nitrogens with one attached hydrogen (secondary N) is 2. The van der Waals surface area contributed by atoms with Gasteiger partial charge in [-0.2, -0.15) is 0 Å². The van der Waals surface area contributed by atoms with Crippen molar-refractivity contribution in [3.8, 4) is 5.75 Å². The van der Waals surface area contributed by atoms with E-state index in [0.29, 0.717) is 18.0 Å². The molecule has 1 heterocycles. The van der Waals surface area contributed by atoms with Crippen LogP contribution in [0.3, 0.4) is 0 Å². The third kappa shape index (κ3) is 4.03. The van der Waals surface area contributed by atoms with Crippen molar-refractivity contribution in [2.75, 3.05) is 11.9 Å². The lowest BCUT2D eigenvalue weighted by Crippen LogP contribution is -2.30. The second kappa shape index (κ2) is 7.74. The maximum atomic E-state index is 12.2. The fraction of sp³-hybridized carbons (Fsp3) is 0.200. The average Bonchev–Trinajstić information content (AvgIpc) is 3.08. The molecule has 0 bridgehead atoms. The number of hydrogen-bond donors (Lipinski definition) is 2. The molecule has 0 aliphatic carbocycles. The predicted octanol–water partition coefficient (Wildman–Crippen LogP) is 3.75. The second-order valence-corrected chi connectivity index (χ2v) is 5.76. The van der Waals surface area contributed by atoms with Crippen LogP contribution in [-0.4, -0.2) is 29.6 Å². The van der Waals surface area contributed by atoms with E-state index in [2.05, 4.69) is 10.3 Å². The number of benzene rings is 2. The number of carbonyl (C=O) groups excluding carboxylic acids is 2. The molecule has 1 amide bonds. The number of H-pyrrole nitrogens is 1. The molecule has 6 nitrogen and oxygen atoms in total. The van der Waals surface area contributed by atoms with E-state index in [9.17, 15) is 9.59 Å². The van der Waals surface area contributed by atoms with E-state index < -0.39 is 18.0 Å². The molecular formula is C20H20N2O4. The standard InChI is InChI=1S/C20H20N2O4/c1-3-25-16-10-8-15(9-11-16)21-19(23)13(2)26-20(24)18-12-14-6-4-5-7-17(14)22-18/h4-13,22H,3H2,1-2H3,(H,21,23). The Hall–Kier alpha value is -3.28. The van der Waals surface area contributed by atoms with Gasteiger partial charge in [0.25, 0.3) is 5.91 Å². The van der Waals surface area contributed by atoms with Crippen LogP contribution in [0.4, 0.5) is 5.69 Å². The van der Waals surface area contributed by atoms with E-state index >= 15 is 0 Å². The highest BCUT2D eigenvalue weighted by molar-refractivity contribution is 5.98. The van der Waals surface area contributed by atoms with Gasteiger partial charge >= 0.3 is 5.97 Å². The van der Waals surface area contributed by atoms with Crippen LogP contribution in [0, 0.1) is 0 Å². The fourth-order valence-electron chi connectivity index (χ4n) is 2.51. The molecule has 3 rings (SSSR count). The minimum atomic E-state index is -0.930. The molecule has 1 unspecified atom stereocenters. The van der Waals surface area contributed by atoms with Gasteiger partial charge in [0.1, 0.15) is 11.4 Å². The molecule has 0 fully saturated rings. The van der Waals surface area contributed by atoms with Crippen molar-refractivity contribution < 1.29 is 19.1 Å². The second-order valence-electron chi connectivity index (χ2n) is 5.76. The molecule has 2 N–H and O–H groups in total. The fourth-order valence-corrected chi connectivity index (χ4v) is 2.51. The number of hydrogen-bond acceptors (Lipinski definition) is 4. The van der Waals surface area contributed by atoms with E-state index in [1.54, 1.807) is 30.3 Å². The number of anilines is 1. The van der Waals surface area contributed by atoms with Crippen LogP contribution < -0.4 is 10.1 Å². The SMILES string of the molecule is CCOc1ccc(NC(=O)C(C)OC(=O)c2cc3ccccc3[nH]2)cc1. The molecule has 134 valence electrons. The van der Waals surface area contributed by atoms with Gasteiger partial charge in [-0.3, -0.25) is 4.79 Å². The van der Waals surface area contributed by atoms with Crippen molar-refractivity contribution in [2.45, 2.75) is 20.0 Å². The highest BCUT2D eigenvalue weighted by Crippen LogP contribution is 2.17. The topological polar surface area (TPSA) is 80.4 Å². The van der Waals surface area contributed by atoms with Crippen LogP contribution in [0.15, 0.2) is 54.6 Å². The summed E-state index contributed by atoms with van der Waals surface area (Å²) >= 11 is 0. The van der Waals surface area contributed by atoms with Gasteiger partial charge in [0.05, 0.1) is 6.61 Å². The summed E-state index contributed by atoms with van der Waals surface area (Å²) < 4.78 is 10.6. The molecule has 0 aliphatic rings. The quantitative estimate of drug-likeness (QED) is 0.662. The monoisotopic (exact) mass is 352 g/mol. The van der Waals surface area contributed by atoms with E-state index in [1.165, 1.54) is 6.92 Å². The van der Waals surface area contributed by atoms with E-state index in [0.717, 1.165) is 16.7 Å². The van der Waals surface area contributed by atoms with Gasteiger partial charge in [0.15, 0.2) is 6.10 Å². The molecule has 0 saturated carbocycles. The third-order valence-corrected chi connectivity index (χ3v) is 3.84. The van der Waals surface area contributed by atoms with Crippen LogP contribution in [0.2, 0.25) is 0 Å². The predicted molar refractivity (Wildman–Crippen MR) is 99.4 cm³/mol. The van der Waals surface area contributed by atoms with Crippen LogP contribution in [0.5, 0.6) is 5.75 Å². The maximum absolute atomic E-state index is 12.2. The van der Waals surface area contributed by atoms with Crippen molar-refractivity contribution in [1.29, 1.82) is 0 Å². The summed E-state index contributed by atoms with van der Waals surface area (Å²) in [5.74, 6) is -0.252. The average molecular weight is 352 g/mol. The minimum Gasteiger partial charge on any atom is -0.494 e. The molecule has 0 spiro atoms. The first-order chi connectivity index (χ1) is 12.6. The molecule has 26 heavy (non-hydrogen) atoms. The normalized spacial score (nSPS) is 11.8. The lowest BCUT2D eigenvalue weighted by atomic mass is 10.2. The number of esters is 1. The summed E-state index contributed by atoms with van der Waals surface area (Å²) in [7, 11) is 0. The first-order valence-corrected chi connectivity index (χ1v) is 8.39. The Balaban J connectivity index is 1.60. The molecule has 2 aromatic carbocycles. The smallest absolute Gasteiger partial charge is 0.355 e. The number of aromatic amines is 1. The van der Waals surface area contributed by atoms with Gasteiger partial charge in [-0.05, 0) is 50.2 Å². The lowest BCUT2D eigenvalue weighted by Gasteiger charge is -2.13. The molecule has 3 aromatic rings. The molecule has 6 heteroatoms. The molecule has 1 aromatic heterocycles. The molecule has 0 saturated heterocycles. The van der Waals surface area contributed by atoms with Crippen molar-refractivity contribution in [1.82, 2.24) is 4.98 Å². The van der Waals surface area contributed by atoms with Gasteiger partial charge in [0, 0.05) is 16.6 Å². The van der Waals surface area contributed by atoms with Crippen molar-refractivity contribution >= 4 is 28.5 Å². The zero-order valence-corrected chi connectivity index (χ0v) is 14.6. The summed E-state index contributed by atoms with van der Waals surface area (Å²) in [6, 6.07) is 16.2. The molecule has 1 atom stereocenters. The number of carbonyl (C=O) groups is 2. The summed E-state index contributed by atoms with van der Waals surface area (Å²) in [6.07, 6.45) is -0.930. The van der Waals surface area contributed by atoms with Crippen LogP contribution in [0.25, 0.3) is 10.9 Å². The van der Waals surface area contributed by atoms with Crippen LogP contribution in [0.1, 0.15) is 24.3 Å². The Bertz CT molecular complexity index is 882. The highest BCUT2D eigenvalue weighted by Gasteiger charge is 2.20.